The average molecular weight is 477 g/mol. The lowest BCUT2D eigenvalue weighted by atomic mass is 10.1. The fourth-order valence-corrected chi connectivity index (χ4v) is 3.44. The van der Waals surface area contributed by atoms with Gasteiger partial charge >= 0.3 is 0 Å². The van der Waals surface area contributed by atoms with E-state index in [4.69, 9.17) is 25.8 Å². The molecule has 180 valence electrons. The topological polar surface area (TPSA) is 77.1 Å². The summed E-state index contributed by atoms with van der Waals surface area (Å²) in [7, 11) is 3.08. The van der Waals surface area contributed by atoms with Crippen molar-refractivity contribution in [2.45, 2.75) is 39.8 Å². The van der Waals surface area contributed by atoms with E-state index in [1.54, 1.807) is 24.3 Å². The summed E-state index contributed by atoms with van der Waals surface area (Å²) < 4.78 is 16.3. The zero-order valence-corrected chi connectivity index (χ0v) is 20.6. The molecule has 0 spiro atoms. The number of hydrogen-bond acceptors (Lipinski definition) is 5. The number of rotatable bonds is 12. The molecule has 0 fully saturated rings. The van der Waals surface area contributed by atoms with Crippen LogP contribution in [0, 0.1) is 5.92 Å². The molecule has 0 saturated heterocycles. The molecular formula is C25H33ClN2O5. The van der Waals surface area contributed by atoms with Crippen LogP contribution in [0.3, 0.4) is 0 Å². The number of methoxy groups -OCH3 is 2. The molecule has 0 radical (unpaired) electrons. The summed E-state index contributed by atoms with van der Waals surface area (Å²) in [5, 5.41) is 3.47. The maximum atomic E-state index is 13.3. The minimum atomic E-state index is -0.657. The Kier molecular flexibility index (Phi) is 10.3. The summed E-state index contributed by atoms with van der Waals surface area (Å²) in [5.74, 6) is 1.28. The first-order valence-electron chi connectivity index (χ1n) is 10.9. The van der Waals surface area contributed by atoms with Gasteiger partial charge in [-0.15, -0.1) is 0 Å². The van der Waals surface area contributed by atoms with Gasteiger partial charge in [0.15, 0.2) is 6.61 Å². The highest BCUT2D eigenvalue weighted by atomic mass is 35.5. The molecule has 7 nitrogen and oxygen atoms in total. The lowest BCUT2D eigenvalue weighted by Crippen LogP contribution is -2.50. The summed E-state index contributed by atoms with van der Waals surface area (Å²) in [5.41, 5.74) is 0.755. The summed E-state index contributed by atoms with van der Waals surface area (Å²) in [6, 6.07) is 11.7. The zero-order valence-electron chi connectivity index (χ0n) is 19.9. The number of halogens is 1. The largest absolute Gasteiger partial charge is 0.496 e. The molecule has 2 aromatic carbocycles. The van der Waals surface area contributed by atoms with Crippen LogP contribution in [0.4, 0.5) is 0 Å². The Morgan fingerprint density at radius 1 is 1.03 bits per heavy atom. The molecule has 2 rings (SSSR count). The molecule has 8 heteroatoms. The van der Waals surface area contributed by atoms with Crippen molar-refractivity contribution in [1.29, 1.82) is 0 Å². The Labute approximate surface area is 201 Å². The van der Waals surface area contributed by atoms with E-state index in [0.717, 1.165) is 5.56 Å². The predicted molar refractivity (Wildman–Crippen MR) is 129 cm³/mol. The summed E-state index contributed by atoms with van der Waals surface area (Å²) in [6.45, 7) is 6.38. The lowest BCUT2D eigenvalue weighted by Gasteiger charge is -2.31. The van der Waals surface area contributed by atoms with Crippen LogP contribution < -0.4 is 19.5 Å². The van der Waals surface area contributed by atoms with Crippen molar-refractivity contribution in [2.24, 2.45) is 5.92 Å². The second-order valence-corrected chi connectivity index (χ2v) is 8.42. The number of nitrogens with zero attached hydrogens (tertiary/aromatic N) is 1. The molecule has 0 bridgehead atoms. The smallest absolute Gasteiger partial charge is 0.261 e. The van der Waals surface area contributed by atoms with Crippen molar-refractivity contribution in [3.8, 4) is 17.2 Å². The molecule has 1 N–H and O–H groups in total. The van der Waals surface area contributed by atoms with Crippen LogP contribution in [0.25, 0.3) is 0 Å². The van der Waals surface area contributed by atoms with Gasteiger partial charge in [-0.3, -0.25) is 9.59 Å². The molecule has 33 heavy (non-hydrogen) atoms. The highest BCUT2D eigenvalue weighted by Crippen LogP contribution is 2.27. The Morgan fingerprint density at radius 3 is 2.18 bits per heavy atom. The van der Waals surface area contributed by atoms with Gasteiger partial charge in [-0.1, -0.05) is 50.6 Å². The molecule has 0 aliphatic carbocycles. The molecule has 0 aromatic heterocycles. The highest BCUT2D eigenvalue weighted by Gasteiger charge is 2.29. The third kappa shape index (κ3) is 7.86. The molecule has 0 unspecified atom stereocenters. The van der Waals surface area contributed by atoms with E-state index in [-0.39, 0.29) is 25.0 Å². The number of ether oxygens (including phenoxy) is 3. The maximum Gasteiger partial charge on any atom is 0.261 e. The van der Waals surface area contributed by atoms with Crippen LogP contribution >= 0.6 is 11.6 Å². The van der Waals surface area contributed by atoms with Crippen molar-refractivity contribution >= 4 is 23.4 Å². The monoisotopic (exact) mass is 476 g/mol. The van der Waals surface area contributed by atoms with Gasteiger partial charge in [0.25, 0.3) is 5.91 Å². The third-order valence-electron chi connectivity index (χ3n) is 5.06. The third-order valence-corrected chi connectivity index (χ3v) is 5.42. The molecule has 0 aliphatic heterocycles. The van der Waals surface area contributed by atoms with Crippen LogP contribution in [0.1, 0.15) is 32.8 Å². The van der Waals surface area contributed by atoms with Gasteiger partial charge in [0.05, 0.1) is 14.2 Å². The first-order chi connectivity index (χ1) is 15.8. The predicted octanol–water partition coefficient (Wildman–Crippen LogP) is 4.32. The minimum Gasteiger partial charge on any atom is -0.496 e. The fourth-order valence-electron chi connectivity index (χ4n) is 3.24. The van der Waals surface area contributed by atoms with Gasteiger partial charge in [-0.25, -0.2) is 0 Å². The Bertz CT molecular complexity index is 913. The number of amides is 2. The van der Waals surface area contributed by atoms with Gasteiger partial charge in [0.2, 0.25) is 5.91 Å². The minimum absolute atomic E-state index is 0.191. The van der Waals surface area contributed by atoms with E-state index in [2.05, 4.69) is 5.32 Å². The molecule has 0 heterocycles. The molecule has 2 amide bonds. The van der Waals surface area contributed by atoms with Crippen molar-refractivity contribution in [3.63, 3.8) is 0 Å². The van der Waals surface area contributed by atoms with E-state index >= 15 is 0 Å². The molecule has 0 saturated carbocycles. The van der Waals surface area contributed by atoms with Crippen molar-refractivity contribution < 1.29 is 23.8 Å². The van der Waals surface area contributed by atoms with E-state index in [1.807, 2.05) is 39.0 Å². The van der Waals surface area contributed by atoms with E-state index in [0.29, 0.717) is 41.2 Å². The van der Waals surface area contributed by atoms with Gasteiger partial charge in [-0.2, -0.15) is 0 Å². The zero-order chi connectivity index (χ0) is 24.4. The summed E-state index contributed by atoms with van der Waals surface area (Å²) in [4.78, 5) is 27.8. The van der Waals surface area contributed by atoms with Crippen LogP contribution in [-0.2, 0) is 16.1 Å². The van der Waals surface area contributed by atoms with Crippen molar-refractivity contribution in [2.75, 3.05) is 27.4 Å². The van der Waals surface area contributed by atoms with Crippen LogP contribution in [0.15, 0.2) is 42.5 Å². The standard InChI is InChI=1S/C25H33ClN2O5/c1-6-23(25(30)27-14-17(2)3)28(15-18-9-7-8-10-22(18)26)24(29)16-33-21-12-19(31-4)11-20(13-21)32-5/h7-13,17,23H,6,14-16H2,1-5H3,(H,27,30)/t23-/m1/s1. The van der Waals surface area contributed by atoms with Crippen molar-refractivity contribution in [1.82, 2.24) is 10.2 Å². The van der Waals surface area contributed by atoms with Crippen LogP contribution in [0.5, 0.6) is 17.2 Å². The lowest BCUT2D eigenvalue weighted by molar-refractivity contribution is -0.143. The number of hydrogen-bond donors (Lipinski definition) is 1. The first-order valence-corrected chi connectivity index (χ1v) is 11.3. The number of carbonyl (C=O) groups is 2. The summed E-state index contributed by atoms with van der Waals surface area (Å²) in [6.07, 6.45) is 0.451. The van der Waals surface area contributed by atoms with Gasteiger partial charge in [0.1, 0.15) is 23.3 Å². The van der Waals surface area contributed by atoms with E-state index in [1.165, 1.54) is 19.1 Å². The van der Waals surface area contributed by atoms with Crippen molar-refractivity contribution in [3.05, 3.63) is 53.1 Å². The fraction of sp³-hybridized carbons (Fsp3) is 0.440. The number of carbonyl (C=O) groups excluding carboxylic acids is 2. The average Bonchev–Trinajstić information content (AvgIpc) is 2.81. The maximum absolute atomic E-state index is 13.3. The van der Waals surface area contributed by atoms with Crippen LogP contribution in [-0.4, -0.2) is 50.1 Å². The SMILES string of the molecule is CC[C@H](C(=O)NCC(C)C)N(Cc1ccccc1Cl)C(=O)COc1cc(OC)cc(OC)c1. The molecule has 1 atom stereocenters. The first kappa shape index (κ1) is 26.3. The van der Waals surface area contributed by atoms with Gasteiger partial charge in [-0.05, 0) is 24.0 Å². The quantitative estimate of drug-likeness (QED) is 0.493. The molecular weight excluding hydrogens is 444 g/mol. The Balaban J connectivity index is 2.25. The molecule has 2 aromatic rings. The summed E-state index contributed by atoms with van der Waals surface area (Å²) >= 11 is 6.35. The Hall–Kier alpha value is -2.93. The number of benzene rings is 2. The van der Waals surface area contributed by atoms with Gasteiger partial charge < -0.3 is 24.4 Å². The Morgan fingerprint density at radius 2 is 1.64 bits per heavy atom. The van der Waals surface area contributed by atoms with Gasteiger partial charge in [0, 0.05) is 36.3 Å². The molecule has 0 aliphatic rings. The van der Waals surface area contributed by atoms with Crippen LogP contribution in [0.2, 0.25) is 5.02 Å². The normalized spacial score (nSPS) is 11.6. The highest BCUT2D eigenvalue weighted by molar-refractivity contribution is 6.31. The second kappa shape index (κ2) is 12.9. The van der Waals surface area contributed by atoms with E-state index < -0.39 is 6.04 Å². The number of nitrogens with one attached hydrogen (secondary N) is 1. The van der Waals surface area contributed by atoms with E-state index in [9.17, 15) is 9.59 Å². The second-order valence-electron chi connectivity index (χ2n) is 8.01.